The minimum Gasteiger partial charge on any atom is -0.497 e. The summed E-state index contributed by atoms with van der Waals surface area (Å²) in [6.07, 6.45) is 5.17. The molecular weight excluding hydrogens is 455 g/mol. The fourth-order valence-corrected chi connectivity index (χ4v) is 3.23. The van der Waals surface area contributed by atoms with E-state index in [1.165, 1.54) is 25.7 Å². The molecule has 1 aromatic heterocycles. The van der Waals surface area contributed by atoms with E-state index in [9.17, 15) is 0 Å². The van der Waals surface area contributed by atoms with E-state index < -0.39 is 0 Å². The Bertz CT molecular complexity index is 733. The molecule has 27 heavy (non-hydrogen) atoms. The lowest BCUT2D eigenvalue weighted by atomic mass is 9.67. The first-order valence-corrected chi connectivity index (χ1v) is 9.18. The first kappa shape index (κ1) is 21.5. The highest BCUT2D eigenvalue weighted by Gasteiger charge is 2.34. The zero-order valence-corrected chi connectivity index (χ0v) is 18.5. The minimum absolute atomic E-state index is 0. The number of methoxy groups -OCH3 is 1. The number of ether oxygens (including phenoxy) is 1. The van der Waals surface area contributed by atoms with Crippen LogP contribution in [0.3, 0.4) is 0 Å². The van der Waals surface area contributed by atoms with Crippen molar-refractivity contribution in [2.75, 3.05) is 20.7 Å². The molecule has 0 spiro atoms. The summed E-state index contributed by atoms with van der Waals surface area (Å²) in [5.41, 5.74) is 1.40. The van der Waals surface area contributed by atoms with Gasteiger partial charge in [-0.15, -0.1) is 24.0 Å². The van der Waals surface area contributed by atoms with Gasteiger partial charge in [0.25, 0.3) is 0 Å². The predicted molar refractivity (Wildman–Crippen MR) is 119 cm³/mol. The van der Waals surface area contributed by atoms with Crippen molar-refractivity contribution < 1.29 is 4.74 Å². The number of halogens is 1. The van der Waals surface area contributed by atoms with Crippen LogP contribution < -0.4 is 15.4 Å². The third kappa shape index (κ3) is 5.33. The first-order valence-electron chi connectivity index (χ1n) is 9.18. The summed E-state index contributed by atoms with van der Waals surface area (Å²) in [4.78, 5) is 8.84. The van der Waals surface area contributed by atoms with Gasteiger partial charge in [-0.1, -0.05) is 13.3 Å². The van der Waals surface area contributed by atoms with Gasteiger partial charge in [0.2, 0.25) is 0 Å². The van der Waals surface area contributed by atoms with Crippen LogP contribution in [0.25, 0.3) is 11.4 Å². The molecule has 7 nitrogen and oxygen atoms in total. The fourth-order valence-electron chi connectivity index (χ4n) is 3.23. The Balaban J connectivity index is 0.00000261. The Morgan fingerprint density at radius 1 is 1.26 bits per heavy atom. The van der Waals surface area contributed by atoms with Crippen LogP contribution in [0.5, 0.6) is 5.75 Å². The maximum atomic E-state index is 5.18. The van der Waals surface area contributed by atoms with E-state index in [1.54, 1.807) is 14.2 Å². The SMILES string of the molecule is CCC1(CNC(=NC)NCc2nc(-c3ccc(OC)cc3)n[nH]2)CCC1.I. The number of aromatic nitrogens is 3. The van der Waals surface area contributed by atoms with Gasteiger partial charge in [0.1, 0.15) is 11.6 Å². The van der Waals surface area contributed by atoms with Crippen LogP contribution in [0, 0.1) is 5.41 Å². The van der Waals surface area contributed by atoms with E-state index in [-0.39, 0.29) is 24.0 Å². The van der Waals surface area contributed by atoms with Gasteiger partial charge in [-0.2, -0.15) is 5.10 Å². The quantitative estimate of drug-likeness (QED) is 0.319. The highest BCUT2D eigenvalue weighted by atomic mass is 127. The largest absolute Gasteiger partial charge is 0.497 e. The van der Waals surface area contributed by atoms with Crippen LogP contribution in [0.1, 0.15) is 38.4 Å². The number of aromatic amines is 1. The lowest BCUT2D eigenvalue weighted by Gasteiger charge is -2.41. The van der Waals surface area contributed by atoms with Gasteiger partial charge in [0.05, 0.1) is 13.7 Å². The van der Waals surface area contributed by atoms with Crippen LogP contribution in [0.4, 0.5) is 0 Å². The van der Waals surface area contributed by atoms with Crippen molar-refractivity contribution in [3.63, 3.8) is 0 Å². The van der Waals surface area contributed by atoms with E-state index in [0.717, 1.165) is 29.6 Å². The third-order valence-electron chi connectivity index (χ3n) is 5.32. The van der Waals surface area contributed by atoms with Crippen molar-refractivity contribution in [3.05, 3.63) is 30.1 Å². The molecule has 1 heterocycles. The molecule has 1 aromatic carbocycles. The summed E-state index contributed by atoms with van der Waals surface area (Å²) < 4.78 is 5.18. The van der Waals surface area contributed by atoms with Crippen molar-refractivity contribution in [1.82, 2.24) is 25.8 Å². The number of hydrogen-bond donors (Lipinski definition) is 3. The van der Waals surface area contributed by atoms with Gasteiger partial charge < -0.3 is 15.4 Å². The number of guanidine groups is 1. The average molecular weight is 484 g/mol. The number of nitrogens with one attached hydrogen (secondary N) is 3. The Morgan fingerprint density at radius 2 is 2.00 bits per heavy atom. The second-order valence-corrected chi connectivity index (χ2v) is 6.82. The normalized spacial score (nSPS) is 15.4. The molecule has 1 saturated carbocycles. The molecule has 0 unspecified atom stereocenters. The summed E-state index contributed by atoms with van der Waals surface area (Å²) in [7, 11) is 3.44. The number of aliphatic imine (C=N–C) groups is 1. The zero-order chi connectivity index (χ0) is 18.4. The van der Waals surface area contributed by atoms with Gasteiger partial charge in [-0.05, 0) is 48.9 Å². The lowest BCUT2D eigenvalue weighted by Crippen LogP contribution is -2.46. The Hall–Kier alpha value is -1.84. The number of benzene rings is 1. The van der Waals surface area contributed by atoms with E-state index in [4.69, 9.17) is 4.74 Å². The standard InChI is InChI=1S/C19H28N6O.HI/c1-4-19(10-5-11-19)13-22-18(20-2)21-12-16-23-17(25-24-16)14-6-8-15(26-3)9-7-14;/h6-9H,4-5,10-13H2,1-3H3,(H2,20,21,22)(H,23,24,25);1H. The Morgan fingerprint density at radius 3 is 2.56 bits per heavy atom. The highest BCUT2D eigenvalue weighted by molar-refractivity contribution is 14.0. The molecule has 1 fully saturated rings. The minimum atomic E-state index is 0. The van der Waals surface area contributed by atoms with Crippen LogP contribution in [-0.4, -0.2) is 41.8 Å². The van der Waals surface area contributed by atoms with Crippen molar-refractivity contribution in [3.8, 4) is 17.1 Å². The summed E-state index contributed by atoms with van der Waals surface area (Å²) >= 11 is 0. The number of H-pyrrole nitrogens is 1. The molecule has 0 saturated heterocycles. The zero-order valence-electron chi connectivity index (χ0n) is 16.2. The first-order chi connectivity index (χ1) is 12.7. The molecular formula is C19H29IN6O. The second-order valence-electron chi connectivity index (χ2n) is 6.82. The molecule has 8 heteroatoms. The van der Waals surface area contributed by atoms with E-state index >= 15 is 0 Å². The van der Waals surface area contributed by atoms with E-state index in [1.807, 2.05) is 24.3 Å². The van der Waals surface area contributed by atoms with Gasteiger partial charge >= 0.3 is 0 Å². The Labute approximate surface area is 177 Å². The van der Waals surface area contributed by atoms with E-state index in [2.05, 4.69) is 37.7 Å². The summed E-state index contributed by atoms with van der Waals surface area (Å²) in [5, 5.41) is 14.0. The molecule has 0 amide bonds. The monoisotopic (exact) mass is 484 g/mol. The smallest absolute Gasteiger partial charge is 0.191 e. The van der Waals surface area contributed by atoms with Crippen molar-refractivity contribution in [1.29, 1.82) is 0 Å². The van der Waals surface area contributed by atoms with E-state index in [0.29, 0.717) is 17.8 Å². The van der Waals surface area contributed by atoms with Crippen LogP contribution in [0.15, 0.2) is 29.3 Å². The summed E-state index contributed by atoms with van der Waals surface area (Å²) in [5.74, 6) is 3.06. The van der Waals surface area contributed by atoms with Crippen molar-refractivity contribution in [2.45, 2.75) is 39.2 Å². The van der Waals surface area contributed by atoms with Crippen LogP contribution in [-0.2, 0) is 6.54 Å². The summed E-state index contributed by atoms with van der Waals surface area (Å²) in [6, 6.07) is 7.70. The van der Waals surface area contributed by atoms with Crippen molar-refractivity contribution in [2.24, 2.45) is 10.4 Å². The molecule has 1 aliphatic rings. The highest BCUT2D eigenvalue weighted by Crippen LogP contribution is 2.42. The molecule has 3 rings (SSSR count). The number of nitrogens with zero attached hydrogens (tertiary/aromatic N) is 3. The predicted octanol–water partition coefficient (Wildman–Crippen LogP) is 3.34. The lowest BCUT2D eigenvalue weighted by molar-refractivity contribution is 0.131. The van der Waals surface area contributed by atoms with Gasteiger partial charge in [0.15, 0.2) is 11.8 Å². The molecule has 148 valence electrons. The Kier molecular flexibility index (Phi) is 7.88. The van der Waals surface area contributed by atoms with Gasteiger partial charge in [0, 0.05) is 19.2 Å². The fraction of sp³-hybridized carbons (Fsp3) is 0.526. The molecule has 1 aliphatic carbocycles. The average Bonchev–Trinajstić information content (AvgIpc) is 3.12. The molecule has 2 aromatic rings. The van der Waals surface area contributed by atoms with Crippen LogP contribution in [0.2, 0.25) is 0 Å². The topological polar surface area (TPSA) is 87.2 Å². The molecule has 0 atom stereocenters. The second kappa shape index (κ2) is 9.91. The molecule has 0 aliphatic heterocycles. The summed E-state index contributed by atoms with van der Waals surface area (Å²) in [6.45, 7) is 3.78. The third-order valence-corrected chi connectivity index (χ3v) is 5.32. The molecule has 3 N–H and O–H groups in total. The maximum absolute atomic E-state index is 5.18. The molecule has 0 radical (unpaired) electrons. The van der Waals surface area contributed by atoms with Crippen LogP contribution >= 0.6 is 24.0 Å². The van der Waals surface area contributed by atoms with Gasteiger partial charge in [-0.25, -0.2) is 4.98 Å². The number of hydrogen-bond acceptors (Lipinski definition) is 4. The van der Waals surface area contributed by atoms with Crippen molar-refractivity contribution >= 4 is 29.9 Å². The maximum Gasteiger partial charge on any atom is 0.191 e. The van der Waals surface area contributed by atoms with Gasteiger partial charge in [-0.3, -0.25) is 10.1 Å². The number of rotatable bonds is 7. The molecule has 0 bridgehead atoms.